The summed E-state index contributed by atoms with van der Waals surface area (Å²) in [5.41, 5.74) is 6.92. The molecular weight excluding hydrogens is 336 g/mol. The van der Waals surface area contributed by atoms with Crippen molar-refractivity contribution in [3.05, 3.63) is 58.1 Å². The predicted octanol–water partition coefficient (Wildman–Crippen LogP) is 2.91. The van der Waals surface area contributed by atoms with Crippen LogP contribution in [0.4, 0.5) is 11.4 Å². The van der Waals surface area contributed by atoms with E-state index >= 15 is 0 Å². The first-order chi connectivity index (χ1) is 9.95. The normalized spacial score (nSPS) is 10.1. The van der Waals surface area contributed by atoms with E-state index in [4.69, 9.17) is 10.8 Å². The Morgan fingerprint density at radius 3 is 2.62 bits per heavy atom. The second kappa shape index (κ2) is 6.41. The van der Waals surface area contributed by atoms with Gasteiger partial charge in [0.15, 0.2) is 0 Å². The summed E-state index contributed by atoms with van der Waals surface area (Å²) in [5.74, 6) is -1.43. The van der Waals surface area contributed by atoms with E-state index in [2.05, 4.69) is 21.2 Å². The molecule has 2 rings (SSSR count). The van der Waals surface area contributed by atoms with E-state index in [-0.39, 0.29) is 23.6 Å². The fraction of sp³-hybridized carbons (Fsp3) is 0.0667. The number of hydrogen-bond acceptors (Lipinski definition) is 3. The van der Waals surface area contributed by atoms with Gasteiger partial charge in [-0.25, -0.2) is 4.79 Å². The highest BCUT2D eigenvalue weighted by atomic mass is 79.9. The highest BCUT2D eigenvalue weighted by molar-refractivity contribution is 9.10. The largest absolute Gasteiger partial charge is 0.478 e. The van der Waals surface area contributed by atoms with Gasteiger partial charge in [0.2, 0.25) is 5.91 Å². The van der Waals surface area contributed by atoms with Crippen LogP contribution < -0.4 is 11.1 Å². The number of rotatable bonds is 4. The lowest BCUT2D eigenvalue weighted by Gasteiger charge is -2.09. The standard InChI is InChI=1S/C15H13BrN2O3/c16-10-3-1-2-9(6-10)7-14(19)18-13-5-4-11(17)8-12(13)15(20)21/h1-6,8H,7,17H2,(H,18,19)(H,20,21). The minimum atomic E-state index is -1.14. The average molecular weight is 349 g/mol. The number of aromatic carboxylic acids is 1. The molecule has 0 heterocycles. The number of carbonyl (C=O) groups excluding carboxylic acids is 1. The van der Waals surface area contributed by atoms with Gasteiger partial charge < -0.3 is 16.2 Å². The first-order valence-corrected chi connectivity index (χ1v) is 6.92. The van der Waals surface area contributed by atoms with Gasteiger partial charge in [0.1, 0.15) is 0 Å². The van der Waals surface area contributed by atoms with Gasteiger partial charge >= 0.3 is 5.97 Å². The molecule has 4 N–H and O–H groups in total. The quantitative estimate of drug-likeness (QED) is 0.740. The van der Waals surface area contributed by atoms with Crippen LogP contribution in [0.5, 0.6) is 0 Å². The van der Waals surface area contributed by atoms with Crippen LogP contribution in [0.15, 0.2) is 46.9 Å². The van der Waals surface area contributed by atoms with Crippen LogP contribution in [0.2, 0.25) is 0 Å². The third-order valence-electron chi connectivity index (χ3n) is 2.80. The third-order valence-corrected chi connectivity index (χ3v) is 3.30. The molecule has 0 saturated heterocycles. The molecule has 2 aromatic rings. The van der Waals surface area contributed by atoms with Crippen molar-refractivity contribution in [1.29, 1.82) is 0 Å². The molecule has 0 aromatic heterocycles. The number of carboxylic acid groups (broad SMARTS) is 1. The molecule has 1 amide bonds. The summed E-state index contributed by atoms with van der Waals surface area (Å²) >= 11 is 3.33. The van der Waals surface area contributed by atoms with E-state index in [9.17, 15) is 9.59 Å². The van der Waals surface area contributed by atoms with Gasteiger partial charge in [-0.15, -0.1) is 0 Å². The summed E-state index contributed by atoms with van der Waals surface area (Å²) in [6.45, 7) is 0. The van der Waals surface area contributed by atoms with Crippen LogP contribution in [-0.4, -0.2) is 17.0 Å². The Kier molecular flexibility index (Phi) is 4.59. The summed E-state index contributed by atoms with van der Waals surface area (Å²) in [5, 5.41) is 11.7. The number of carbonyl (C=O) groups is 2. The number of anilines is 2. The maximum atomic E-state index is 12.0. The number of halogens is 1. The zero-order valence-electron chi connectivity index (χ0n) is 11.0. The second-order valence-electron chi connectivity index (χ2n) is 4.47. The zero-order chi connectivity index (χ0) is 15.4. The van der Waals surface area contributed by atoms with Crippen molar-refractivity contribution in [1.82, 2.24) is 0 Å². The zero-order valence-corrected chi connectivity index (χ0v) is 12.6. The summed E-state index contributed by atoms with van der Waals surface area (Å²) in [7, 11) is 0. The first-order valence-electron chi connectivity index (χ1n) is 6.13. The highest BCUT2D eigenvalue weighted by Crippen LogP contribution is 2.19. The van der Waals surface area contributed by atoms with E-state index in [0.717, 1.165) is 10.0 Å². The third kappa shape index (κ3) is 4.06. The Morgan fingerprint density at radius 2 is 1.95 bits per heavy atom. The maximum Gasteiger partial charge on any atom is 0.337 e. The minimum absolute atomic E-state index is 0.0300. The number of nitrogens with one attached hydrogen (secondary N) is 1. The molecule has 0 saturated carbocycles. The summed E-state index contributed by atoms with van der Waals surface area (Å²) in [6.07, 6.45) is 0.156. The fourth-order valence-electron chi connectivity index (χ4n) is 1.87. The number of nitrogens with two attached hydrogens (primary N) is 1. The number of nitrogen functional groups attached to an aromatic ring is 1. The molecule has 0 aliphatic carbocycles. The van der Waals surface area contributed by atoms with Crippen LogP contribution >= 0.6 is 15.9 Å². The summed E-state index contributed by atoms with van der Waals surface area (Å²) in [6, 6.07) is 11.7. The van der Waals surface area contributed by atoms with E-state index < -0.39 is 5.97 Å². The molecule has 5 nitrogen and oxygen atoms in total. The number of carboxylic acids is 1. The number of amides is 1. The smallest absolute Gasteiger partial charge is 0.337 e. The van der Waals surface area contributed by atoms with E-state index in [1.807, 2.05) is 24.3 Å². The summed E-state index contributed by atoms with van der Waals surface area (Å²) < 4.78 is 0.881. The van der Waals surface area contributed by atoms with Gasteiger partial charge in [-0.2, -0.15) is 0 Å². The van der Waals surface area contributed by atoms with Gasteiger partial charge in [-0.1, -0.05) is 28.1 Å². The Bertz CT molecular complexity index is 701. The molecule has 0 unspecified atom stereocenters. The second-order valence-corrected chi connectivity index (χ2v) is 5.38. The molecule has 0 fully saturated rings. The molecule has 0 aliphatic rings. The van der Waals surface area contributed by atoms with Crippen LogP contribution in [0.25, 0.3) is 0 Å². The van der Waals surface area contributed by atoms with Crippen LogP contribution in [0.1, 0.15) is 15.9 Å². The lowest BCUT2D eigenvalue weighted by atomic mass is 10.1. The Labute approximate surface area is 129 Å². The van der Waals surface area contributed by atoms with Crippen LogP contribution in [0, 0.1) is 0 Å². The van der Waals surface area contributed by atoms with Crippen molar-refractivity contribution in [2.45, 2.75) is 6.42 Å². The van der Waals surface area contributed by atoms with Crippen molar-refractivity contribution in [2.75, 3.05) is 11.1 Å². The number of benzene rings is 2. The van der Waals surface area contributed by atoms with Crippen LogP contribution in [-0.2, 0) is 11.2 Å². The number of hydrogen-bond donors (Lipinski definition) is 3. The molecule has 0 spiro atoms. The van der Waals surface area contributed by atoms with Gasteiger partial charge in [0, 0.05) is 10.2 Å². The molecule has 6 heteroatoms. The SMILES string of the molecule is Nc1ccc(NC(=O)Cc2cccc(Br)c2)c(C(=O)O)c1. The molecule has 0 atom stereocenters. The first kappa shape index (κ1) is 15.1. The topological polar surface area (TPSA) is 92.4 Å². The molecule has 108 valence electrons. The average Bonchev–Trinajstić information content (AvgIpc) is 2.40. The van der Waals surface area contributed by atoms with Crippen molar-refractivity contribution < 1.29 is 14.7 Å². The molecule has 21 heavy (non-hydrogen) atoms. The Morgan fingerprint density at radius 1 is 1.19 bits per heavy atom. The van der Waals surface area contributed by atoms with Gasteiger partial charge in [0.05, 0.1) is 17.7 Å². The van der Waals surface area contributed by atoms with Crippen molar-refractivity contribution in [3.8, 4) is 0 Å². The van der Waals surface area contributed by atoms with Gasteiger partial charge in [-0.05, 0) is 35.9 Å². The minimum Gasteiger partial charge on any atom is -0.478 e. The lowest BCUT2D eigenvalue weighted by molar-refractivity contribution is -0.115. The monoisotopic (exact) mass is 348 g/mol. The van der Waals surface area contributed by atoms with E-state index in [1.54, 1.807) is 6.07 Å². The highest BCUT2D eigenvalue weighted by Gasteiger charge is 2.13. The van der Waals surface area contributed by atoms with Gasteiger partial charge in [-0.3, -0.25) is 4.79 Å². The summed E-state index contributed by atoms with van der Waals surface area (Å²) in [4.78, 5) is 23.1. The Balaban J connectivity index is 2.15. The molecular formula is C15H13BrN2O3. The molecule has 0 radical (unpaired) electrons. The van der Waals surface area contributed by atoms with Crippen molar-refractivity contribution in [3.63, 3.8) is 0 Å². The van der Waals surface area contributed by atoms with Gasteiger partial charge in [0.25, 0.3) is 0 Å². The van der Waals surface area contributed by atoms with Crippen molar-refractivity contribution >= 4 is 39.2 Å². The van der Waals surface area contributed by atoms with E-state index in [1.165, 1.54) is 12.1 Å². The van der Waals surface area contributed by atoms with E-state index in [0.29, 0.717) is 5.69 Å². The fourth-order valence-corrected chi connectivity index (χ4v) is 2.32. The maximum absolute atomic E-state index is 12.0. The molecule has 2 aromatic carbocycles. The predicted molar refractivity (Wildman–Crippen MR) is 84.3 cm³/mol. The van der Waals surface area contributed by atoms with Crippen LogP contribution in [0.3, 0.4) is 0 Å². The Hall–Kier alpha value is -2.34. The molecule has 0 aliphatic heterocycles. The molecule has 0 bridgehead atoms. The lowest BCUT2D eigenvalue weighted by Crippen LogP contribution is -2.17. The van der Waals surface area contributed by atoms with Crippen molar-refractivity contribution in [2.24, 2.45) is 0 Å².